The van der Waals surface area contributed by atoms with Crippen LogP contribution < -0.4 is 20.1 Å². The quantitative estimate of drug-likeness (QED) is 0.447. The Balaban J connectivity index is 1.55. The van der Waals surface area contributed by atoms with E-state index in [1.165, 1.54) is 14.2 Å². The van der Waals surface area contributed by atoms with Gasteiger partial charge in [0.15, 0.2) is 0 Å². The molecule has 1 aliphatic rings. The lowest BCUT2D eigenvalue weighted by Gasteiger charge is -2.20. The molecule has 12 nitrogen and oxygen atoms in total. The van der Waals surface area contributed by atoms with Crippen molar-refractivity contribution in [2.45, 2.75) is 46.0 Å². The lowest BCUT2D eigenvalue weighted by atomic mass is 10.1. The number of benzene rings is 2. The van der Waals surface area contributed by atoms with E-state index in [-0.39, 0.29) is 38.6 Å². The zero-order chi connectivity index (χ0) is 28.8. The Morgan fingerprint density at radius 3 is 2.23 bits per heavy atom. The Labute approximate surface area is 228 Å². The number of carbonyl (C=O) groups is 3. The van der Waals surface area contributed by atoms with Crippen molar-refractivity contribution < 1.29 is 37.0 Å². The molecule has 212 valence electrons. The number of ether oxygens (including phenoxy) is 3. The summed E-state index contributed by atoms with van der Waals surface area (Å²) in [6, 6.07) is 11.9. The number of hydrogen-bond donors (Lipinski definition) is 2. The highest BCUT2D eigenvalue weighted by molar-refractivity contribution is 7.87. The highest BCUT2D eigenvalue weighted by atomic mass is 32.2. The standard InChI is InChI=1S/C26H34N4O8S/c1-26(2,3)38-25(33)28-14-23(31)27-13-18-6-8-19(9-7-18)15-29-17-24(32)30(39(29,34)35)16-20-10-11-21(36-4)12-22(20)37-5/h6-12H,13-17H2,1-5H3,(H,27,31)(H,28,33). The van der Waals surface area contributed by atoms with Crippen LogP contribution in [-0.2, 0) is 44.2 Å². The van der Waals surface area contributed by atoms with E-state index in [2.05, 4.69) is 10.6 Å². The highest BCUT2D eigenvalue weighted by Gasteiger charge is 2.42. The van der Waals surface area contributed by atoms with Gasteiger partial charge in [0.2, 0.25) is 5.91 Å². The molecule has 2 aromatic carbocycles. The molecule has 0 unspecified atom stereocenters. The van der Waals surface area contributed by atoms with Crippen molar-refractivity contribution in [3.63, 3.8) is 0 Å². The molecule has 0 spiro atoms. The Kier molecular flexibility index (Phi) is 9.41. The minimum Gasteiger partial charge on any atom is -0.497 e. The van der Waals surface area contributed by atoms with E-state index in [0.717, 1.165) is 14.2 Å². The van der Waals surface area contributed by atoms with Crippen molar-refractivity contribution in [1.82, 2.24) is 19.2 Å². The molecule has 0 aromatic heterocycles. The second-order valence-electron chi connectivity index (χ2n) is 9.80. The van der Waals surface area contributed by atoms with Gasteiger partial charge in [-0.1, -0.05) is 24.3 Å². The van der Waals surface area contributed by atoms with Gasteiger partial charge in [-0.2, -0.15) is 12.7 Å². The van der Waals surface area contributed by atoms with Crippen LogP contribution in [0.3, 0.4) is 0 Å². The number of amides is 3. The van der Waals surface area contributed by atoms with Crippen LogP contribution >= 0.6 is 0 Å². The van der Waals surface area contributed by atoms with Crippen molar-refractivity contribution in [3.05, 3.63) is 59.2 Å². The number of carbonyl (C=O) groups excluding carboxylic acids is 3. The molecule has 0 aliphatic carbocycles. The van der Waals surface area contributed by atoms with Crippen molar-refractivity contribution in [2.24, 2.45) is 0 Å². The molecular weight excluding hydrogens is 528 g/mol. The van der Waals surface area contributed by atoms with E-state index < -0.39 is 27.8 Å². The summed E-state index contributed by atoms with van der Waals surface area (Å²) in [6.45, 7) is 4.74. The molecular formula is C26H34N4O8S. The summed E-state index contributed by atoms with van der Waals surface area (Å²) in [7, 11) is -1.07. The molecule has 1 fully saturated rings. The molecule has 3 rings (SSSR count). The third-order valence-corrected chi connectivity index (χ3v) is 7.47. The molecule has 13 heteroatoms. The molecule has 2 N–H and O–H groups in total. The van der Waals surface area contributed by atoms with Gasteiger partial charge in [0.05, 0.1) is 27.3 Å². The molecule has 0 saturated carbocycles. The van der Waals surface area contributed by atoms with Crippen LogP contribution in [0.25, 0.3) is 0 Å². The first kappa shape index (κ1) is 29.7. The highest BCUT2D eigenvalue weighted by Crippen LogP contribution is 2.29. The summed E-state index contributed by atoms with van der Waals surface area (Å²) in [5, 5.41) is 5.08. The predicted molar refractivity (Wildman–Crippen MR) is 142 cm³/mol. The van der Waals surface area contributed by atoms with E-state index in [0.29, 0.717) is 22.6 Å². The zero-order valence-corrected chi connectivity index (χ0v) is 23.5. The third kappa shape index (κ3) is 8.07. The topological polar surface area (TPSA) is 144 Å². The fourth-order valence-corrected chi connectivity index (χ4v) is 5.20. The zero-order valence-electron chi connectivity index (χ0n) is 22.6. The lowest BCUT2D eigenvalue weighted by molar-refractivity contribution is -0.125. The van der Waals surface area contributed by atoms with Crippen LogP contribution in [0, 0.1) is 0 Å². The van der Waals surface area contributed by atoms with Crippen LogP contribution in [0.1, 0.15) is 37.5 Å². The lowest BCUT2D eigenvalue weighted by Crippen LogP contribution is -2.39. The summed E-state index contributed by atoms with van der Waals surface area (Å²) >= 11 is 0. The van der Waals surface area contributed by atoms with E-state index in [9.17, 15) is 22.8 Å². The summed E-state index contributed by atoms with van der Waals surface area (Å²) < 4.78 is 43.8. The average Bonchev–Trinajstić information content (AvgIpc) is 3.08. The number of methoxy groups -OCH3 is 2. The van der Waals surface area contributed by atoms with E-state index in [1.807, 2.05) is 0 Å². The van der Waals surface area contributed by atoms with Crippen molar-refractivity contribution in [2.75, 3.05) is 27.3 Å². The predicted octanol–water partition coefficient (Wildman–Crippen LogP) is 1.93. The Morgan fingerprint density at radius 2 is 1.62 bits per heavy atom. The SMILES string of the molecule is COc1ccc(CN2C(=O)CN(Cc3ccc(CNC(=O)CNC(=O)OC(C)(C)C)cc3)S2(=O)=O)c(OC)c1. The van der Waals surface area contributed by atoms with Gasteiger partial charge in [-0.3, -0.25) is 9.59 Å². The molecule has 0 atom stereocenters. The first-order valence-corrected chi connectivity index (χ1v) is 13.5. The summed E-state index contributed by atoms with van der Waals surface area (Å²) in [5.74, 6) is 0.0415. The number of hydrogen-bond acceptors (Lipinski definition) is 8. The number of nitrogens with zero attached hydrogens (tertiary/aromatic N) is 2. The minimum atomic E-state index is -4.04. The van der Waals surface area contributed by atoms with Crippen LogP contribution in [0.5, 0.6) is 11.5 Å². The Hall–Kier alpha value is -3.84. The van der Waals surface area contributed by atoms with E-state index in [1.54, 1.807) is 63.2 Å². The first-order chi connectivity index (χ1) is 18.3. The van der Waals surface area contributed by atoms with E-state index >= 15 is 0 Å². The van der Waals surface area contributed by atoms with Crippen LogP contribution in [0.4, 0.5) is 4.79 Å². The molecule has 39 heavy (non-hydrogen) atoms. The molecule has 1 heterocycles. The van der Waals surface area contributed by atoms with Gasteiger partial charge in [-0.05, 0) is 44.0 Å². The molecule has 2 aromatic rings. The molecule has 0 bridgehead atoms. The second kappa shape index (κ2) is 12.3. The maximum Gasteiger partial charge on any atom is 0.408 e. The minimum absolute atomic E-state index is 0.0107. The van der Waals surface area contributed by atoms with Crippen molar-refractivity contribution >= 4 is 28.1 Å². The van der Waals surface area contributed by atoms with Crippen LogP contribution in [0.15, 0.2) is 42.5 Å². The van der Waals surface area contributed by atoms with Gasteiger partial charge in [-0.15, -0.1) is 0 Å². The Morgan fingerprint density at radius 1 is 0.949 bits per heavy atom. The van der Waals surface area contributed by atoms with Crippen LogP contribution in [-0.4, -0.2) is 67.8 Å². The van der Waals surface area contributed by atoms with Crippen molar-refractivity contribution in [1.29, 1.82) is 0 Å². The average molecular weight is 563 g/mol. The second-order valence-corrected chi connectivity index (χ2v) is 11.7. The van der Waals surface area contributed by atoms with Gasteiger partial charge < -0.3 is 24.8 Å². The number of alkyl carbamates (subject to hydrolysis) is 1. The van der Waals surface area contributed by atoms with Gasteiger partial charge >= 0.3 is 16.3 Å². The molecule has 1 aliphatic heterocycles. The fourth-order valence-electron chi connectivity index (χ4n) is 3.72. The van der Waals surface area contributed by atoms with Gasteiger partial charge in [0.25, 0.3) is 5.91 Å². The fraction of sp³-hybridized carbons (Fsp3) is 0.423. The number of rotatable bonds is 10. The normalized spacial score (nSPS) is 15.1. The first-order valence-electron chi connectivity index (χ1n) is 12.2. The largest absolute Gasteiger partial charge is 0.497 e. The third-order valence-electron chi connectivity index (χ3n) is 5.67. The van der Waals surface area contributed by atoms with E-state index in [4.69, 9.17) is 14.2 Å². The number of nitrogens with one attached hydrogen (secondary N) is 2. The summed E-state index contributed by atoms with van der Waals surface area (Å²) in [5.41, 5.74) is 1.33. The van der Waals surface area contributed by atoms with Gasteiger partial charge in [0, 0.05) is 24.7 Å². The molecule has 1 saturated heterocycles. The Bertz CT molecular complexity index is 1310. The summed E-state index contributed by atoms with van der Waals surface area (Å²) in [6.07, 6.45) is -0.681. The molecule has 3 amide bonds. The summed E-state index contributed by atoms with van der Waals surface area (Å²) in [4.78, 5) is 36.3. The smallest absolute Gasteiger partial charge is 0.408 e. The van der Waals surface area contributed by atoms with Crippen LogP contribution in [0.2, 0.25) is 0 Å². The monoisotopic (exact) mass is 562 g/mol. The maximum atomic E-state index is 13.1. The molecule has 0 radical (unpaired) electrons. The van der Waals surface area contributed by atoms with Crippen molar-refractivity contribution in [3.8, 4) is 11.5 Å². The van der Waals surface area contributed by atoms with Gasteiger partial charge in [0.1, 0.15) is 23.6 Å². The van der Waals surface area contributed by atoms with Gasteiger partial charge in [-0.25, -0.2) is 9.10 Å². The maximum absolute atomic E-state index is 13.1.